The second-order valence-corrected chi connectivity index (χ2v) is 5.26. The number of hydrogen-bond donors (Lipinski definition) is 1. The number of carbonyl (C=O) groups excluding carboxylic acids is 1. The van der Waals surface area contributed by atoms with Gasteiger partial charge in [0.05, 0.1) is 12.0 Å². The molecule has 0 saturated carbocycles. The highest BCUT2D eigenvalue weighted by atomic mass is 16.1. The Morgan fingerprint density at radius 3 is 2.42 bits per heavy atom. The van der Waals surface area contributed by atoms with Crippen molar-refractivity contribution in [1.82, 2.24) is 0 Å². The number of nitriles is 1. The summed E-state index contributed by atoms with van der Waals surface area (Å²) in [5, 5.41) is 11.9. The van der Waals surface area contributed by atoms with E-state index < -0.39 is 0 Å². The Balaban J connectivity index is 2.52. The number of nitrogens with one attached hydrogen (secondary N) is 1. The van der Waals surface area contributed by atoms with E-state index in [0.29, 0.717) is 5.92 Å². The SMILES string of the molecule is CCc1ccc(NC(=O)CC(C#N)CC(C)C)cc1. The third kappa shape index (κ3) is 5.56. The molecule has 3 heteroatoms. The van der Waals surface area contributed by atoms with Crippen LogP contribution in [-0.2, 0) is 11.2 Å². The molecule has 0 heterocycles. The maximum atomic E-state index is 11.9. The Kier molecular flexibility index (Phi) is 6.08. The molecule has 1 atom stereocenters. The van der Waals surface area contributed by atoms with Crippen molar-refractivity contribution in [2.45, 2.75) is 40.0 Å². The van der Waals surface area contributed by atoms with E-state index in [1.807, 2.05) is 24.3 Å². The summed E-state index contributed by atoms with van der Waals surface area (Å²) < 4.78 is 0. The molecule has 0 fully saturated rings. The number of anilines is 1. The van der Waals surface area contributed by atoms with Crippen LogP contribution in [0.1, 0.15) is 39.2 Å². The van der Waals surface area contributed by atoms with Gasteiger partial charge < -0.3 is 5.32 Å². The first-order valence-corrected chi connectivity index (χ1v) is 6.83. The number of rotatable bonds is 6. The van der Waals surface area contributed by atoms with E-state index in [2.05, 4.69) is 32.2 Å². The van der Waals surface area contributed by atoms with Crippen molar-refractivity contribution in [3.8, 4) is 6.07 Å². The van der Waals surface area contributed by atoms with E-state index in [1.165, 1.54) is 5.56 Å². The van der Waals surface area contributed by atoms with E-state index >= 15 is 0 Å². The summed E-state index contributed by atoms with van der Waals surface area (Å²) in [4.78, 5) is 11.9. The Bertz CT molecular complexity index is 443. The summed E-state index contributed by atoms with van der Waals surface area (Å²) in [6, 6.07) is 10.0. The monoisotopic (exact) mass is 258 g/mol. The van der Waals surface area contributed by atoms with Crippen molar-refractivity contribution in [1.29, 1.82) is 5.26 Å². The van der Waals surface area contributed by atoms with Gasteiger partial charge in [0.2, 0.25) is 5.91 Å². The van der Waals surface area contributed by atoms with Gasteiger partial charge in [-0.2, -0.15) is 5.26 Å². The molecule has 1 aromatic rings. The largest absolute Gasteiger partial charge is 0.326 e. The minimum Gasteiger partial charge on any atom is -0.326 e. The van der Waals surface area contributed by atoms with Crippen LogP contribution in [0.2, 0.25) is 0 Å². The number of carbonyl (C=O) groups is 1. The molecule has 102 valence electrons. The van der Waals surface area contributed by atoms with Crippen LogP contribution >= 0.6 is 0 Å². The molecule has 0 saturated heterocycles. The minimum atomic E-state index is -0.199. The fourth-order valence-corrected chi connectivity index (χ4v) is 2.01. The molecule has 1 amide bonds. The van der Waals surface area contributed by atoms with Crippen LogP contribution in [0.4, 0.5) is 5.69 Å². The molecule has 1 aromatic carbocycles. The van der Waals surface area contributed by atoms with Gasteiger partial charge in [-0.25, -0.2) is 0 Å². The molecule has 3 nitrogen and oxygen atoms in total. The van der Waals surface area contributed by atoms with Crippen LogP contribution < -0.4 is 5.32 Å². The Morgan fingerprint density at radius 2 is 1.95 bits per heavy atom. The number of nitrogens with zero attached hydrogens (tertiary/aromatic N) is 1. The predicted octanol–water partition coefficient (Wildman–Crippen LogP) is 3.76. The standard InChI is InChI=1S/C16H22N2O/c1-4-13-5-7-15(8-6-13)18-16(19)10-14(11-17)9-12(2)3/h5-8,12,14H,4,9-10H2,1-3H3,(H,18,19). The van der Waals surface area contributed by atoms with Crippen LogP contribution in [-0.4, -0.2) is 5.91 Å². The van der Waals surface area contributed by atoms with Gasteiger partial charge in [0.1, 0.15) is 0 Å². The van der Waals surface area contributed by atoms with Crippen LogP contribution in [0, 0.1) is 23.2 Å². The highest BCUT2D eigenvalue weighted by Gasteiger charge is 2.14. The van der Waals surface area contributed by atoms with Crippen LogP contribution in [0.15, 0.2) is 24.3 Å². The average Bonchev–Trinajstić information content (AvgIpc) is 2.38. The zero-order valence-corrected chi connectivity index (χ0v) is 11.9. The van der Waals surface area contributed by atoms with Crippen molar-refractivity contribution in [2.75, 3.05) is 5.32 Å². The molecule has 0 spiro atoms. The molecule has 0 radical (unpaired) electrons. The van der Waals surface area contributed by atoms with E-state index in [0.717, 1.165) is 18.5 Å². The lowest BCUT2D eigenvalue weighted by Gasteiger charge is -2.11. The lowest BCUT2D eigenvalue weighted by molar-refractivity contribution is -0.116. The van der Waals surface area contributed by atoms with Gasteiger partial charge in [-0.3, -0.25) is 4.79 Å². The second-order valence-electron chi connectivity index (χ2n) is 5.26. The predicted molar refractivity (Wildman–Crippen MR) is 77.6 cm³/mol. The minimum absolute atomic E-state index is 0.0866. The molecule has 1 unspecified atom stereocenters. The van der Waals surface area contributed by atoms with Crippen molar-refractivity contribution in [3.63, 3.8) is 0 Å². The maximum Gasteiger partial charge on any atom is 0.225 e. The number of aryl methyl sites for hydroxylation is 1. The Morgan fingerprint density at radius 1 is 1.32 bits per heavy atom. The molecule has 19 heavy (non-hydrogen) atoms. The topological polar surface area (TPSA) is 52.9 Å². The van der Waals surface area contributed by atoms with Gasteiger partial charge in [0.15, 0.2) is 0 Å². The molecule has 0 aliphatic heterocycles. The highest BCUT2D eigenvalue weighted by molar-refractivity contribution is 5.91. The molecule has 0 bridgehead atoms. The van der Waals surface area contributed by atoms with Crippen molar-refractivity contribution >= 4 is 11.6 Å². The fraction of sp³-hybridized carbons (Fsp3) is 0.500. The summed E-state index contributed by atoms with van der Waals surface area (Å²) in [7, 11) is 0. The zero-order valence-electron chi connectivity index (χ0n) is 11.9. The maximum absolute atomic E-state index is 11.9. The molecule has 0 aliphatic rings. The van der Waals surface area contributed by atoms with Crippen molar-refractivity contribution in [2.24, 2.45) is 11.8 Å². The highest BCUT2D eigenvalue weighted by Crippen LogP contribution is 2.16. The molecule has 0 aromatic heterocycles. The van der Waals surface area contributed by atoms with Gasteiger partial charge in [-0.05, 0) is 36.5 Å². The third-order valence-electron chi connectivity index (χ3n) is 3.02. The summed E-state index contributed by atoms with van der Waals surface area (Å²) >= 11 is 0. The summed E-state index contributed by atoms with van der Waals surface area (Å²) in [5.41, 5.74) is 2.04. The molecule has 1 rings (SSSR count). The van der Waals surface area contributed by atoms with Crippen LogP contribution in [0.3, 0.4) is 0 Å². The first-order valence-electron chi connectivity index (χ1n) is 6.83. The Labute approximate surface area is 115 Å². The van der Waals surface area contributed by atoms with Crippen molar-refractivity contribution in [3.05, 3.63) is 29.8 Å². The van der Waals surface area contributed by atoms with Crippen LogP contribution in [0.25, 0.3) is 0 Å². The second kappa shape index (κ2) is 7.58. The quantitative estimate of drug-likeness (QED) is 0.844. The molecular weight excluding hydrogens is 236 g/mol. The van der Waals surface area contributed by atoms with Gasteiger partial charge in [-0.1, -0.05) is 32.9 Å². The normalized spacial score (nSPS) is 11.9. The first-order chi connectivity index (χ1) is 9.05. The van der Waals surface area contributed by atoms with E-state index in [4.69, 9.17) is 5.26 Å². The van der Waals surface area contributed by atoms with Gasteiger partial charge >= 0.3 is 0 Å². The molecule has 0 aliphatic carbocycles. The fourth-order valence-electron chi connectivity index (χ4n) is 2.01. The zero-order chi connectivity index (χ0) is 14.3. The number of hydrogen-bond acceptors (Lipinski definition) is 2. The first kappa shape index (κ1) is 15.2. The van der Waals surface area contributed by atoms with Crippen LogP contribution in [0.5, 0.6) is 0 Å². The molecule has 1 N–H and O–H groups in total. The van der Waals surface area contributed by atoms with E-state index in [9.17, 15) is 4.79 Å². The van der Waals surface area contributed by atoms with Crippen molar-refractivity contribution < 1.29 is 4.79 Å². The lowest BCUT2D eigenvalue weighted by atomic mass is 9.95. The lowest BCUT2D eigenvalue weighted by Crippen LogP contribution is -2.16. The van der Waals surface area contributed by atoms with Gasteiger partial charge in [0.25, 0.3) is 0 Å². The average molecular weight is 258 g/mol. The smallest absolute Gasteiger partial charge is 0.225 e. The number of benzene rings is 1. The van der Waals surface area contributed by atoms with Gasteiger partial charge in [0, 0.05) is 12.1 Å². The third-order valence-corrected chi connectivity index (χ3v) is 3.02. The van der Waals surface area contributed by atoms with E-state index in [-0.39, 0.29) is 18.2 Å². The Hall–Kier alpha value is -1.82. The summed E-state index contributed by atoms with van der Waals surface area (Å²) in [6.07, 6.45) is 2.02. The molecular formula is C16H22N2O. The van der Waals surface area contributed by atoms with E-state index in [1.54, 1.807) is 0 Å². The number of amides is 1. The summed E-state index contributed by atoms with van der Waals surface area (Å²) in [5.74, 6) is 0.146. The van der Waals surface area contributed by atoms with Gasteiger partial charge in [-0.15, -0.1) is 0 Å². The summed E-state index contributed by atoms with van der Waals surface area (Å²) in [6.45, 7) is 6.22.